The first kappa shape index (κ1) is 8.76. The molecule has 0 unspecified atom stereocenters. The predicted molar refractivity (Wildman–Crippen MR) is 52.7 cm³/mol. The van der Waals surface area contributed by atoms with Gasteiger partial charge in [-0.25, -0.2) is 0 Å². The van der Waals surface area contributed by atoms with E-state index in [-0.39, 0.29) is 0 Å². The summed E-state index contributed by atoms with van der Waals surface area (Å²) in [5, 5.41) is 10.8. The van der Waals surface area contributed by atoms with Crippen LogP contribution < -0.4 is 5.32 Å². The standard InChI is InChI=1S/C11H10N2O/c12-7-11(14)13-10-5-4-8-2-1-3-9(8)6-10/h4-6H,1-3H2,(H,13,14). The van der Waals surface area contributed by atoms with E-state index < -0.39 is 5.91 Å². The lowest BCUT2D eigenvalue weighted by Gasteiger charge is -2.03. The summed E-state index contributed by atoms with van der Waals surface area (Å²) < 4.78 is 0. The van der Waals surface area contributed by atoms with Crippen LogP contribution in [-0.4, -0.2) is 5.91 Å². The molecule has 1 amide bonds. The highest BCUT2D eigenvalue weighted by atomic mass is 16.1. The Morgan fingerprint density at radius 3 is 2.93 bits per heavy atom. The van der Waals surface area contributed by atoms with Crippen LogP contribution in [-0.2, 0) is 17.6 Å². The zero-order valence-electron chi connectivity index (χ0n) is 7.71. The average molecular weight is 186 g/mol. The van der Waals surface area contributed by atoms with Crippen molar-refractivity contribution >= 4 is 11.6 Å². The van der Waals surface area contributed by atoms with Crippen LogP contribution in [0, 0.1) is 11.3 Å². The molecular formula is C11H10N2O. The summed E-state index contributed by atoms with van der Waals surface area (Å²) in [6.07, 6.45) is 3.39. The molecule has 0 bridgehead atoms. The lowest BCUT2D eigenvalue weighted by atomic mass is 10.1. The summed E-state index contributed by atoms with van der Waals surface area (Å²) in [4.78, 5) is 10.8. The van der Waals surface area contributed by atoms with Crippen molar-refractivity contribution in [1.29, 1.82) is 5.26 Å². The normalized spacial score (nSPS) is 13.1. The number of benzene rings is 1. The Balaban J connectivity index is 2.21. The molecule has 0 fully saturated rings. The Morgan fingerprint density at radius 2 is 2.14 bits per heavy atom. The van der Waals surface area contributed by atoms with Gasteiger partial charge in [-0.3, -0.25) is 4.79 Å². The van der Waals surface area contributed by atoms with E-state index in [1.54, 1.807) is 0 Å². The first-order valence-corrected chi connectivity index (χ1v) is 4.62. The van der Waals surface area contributed by atoms with Crippen molar-refractivity contribution in [2.45, 2.75) is 19.3 Å². The van der Waals surface area contributed by atoms with Crippen molar-refractivity contribution in [2.75, 3.05) is 5.32 Å². The van der Waals surface area contributed by atoms with Gasteiger partial charge in [0.2, 0.25) is 0 Å². The third-order valence-corrected chi connectivity index (χ3v) is 2.46. The van der Waals surface area contributed by atoms with Crippen LogP contribution in [0.1, 0.15) is 17.5 Å². The van der Waals surface area contributed by atoms with Gasteiger partial charge in [0, 0.05) is 5.69 Å². The van der Waals surface area contributed by atoms with Crippen LogP contribution in [0.5, 0.6) is 0 Å². The quantitative estimate of drug-likeness (QED) is 0.678. The SMILES string of the molecule is N#CC(=O)Nc1ccc2c(c1)CCC2. The van der Waals surface area contributed by atoms with E-state index in [2.05, 4.69) is 5.32 Å². The Hall–Kier alpha value is -1.82. The number of hydrogen-bond donors (Lipinski definition) is 1. The number of aryl methyl sites for hydroxylation is 2. The van der Waals surface area contributed by atoms with Gasteiger partial charge in [-0.2, -0.15) is 5.26 Å². The van der Waals surface area contributed by atoms with E-state index in [1.807, 2.05) is 18.2 Å². The molecule has 0 saturated heterocycles. The fourth-order valence-corrected chi connectivity index (χ4v) is 1.81. The molecular weight excluding hydrogens is 176 g/mol. The number of amides is 1. The van der Waals surface area contributed by atoms with Crippen molar-refractivity contribution in [3.8, 4) is 6.07 Å². The van der Waals surface area contributed by atoms with Crippen LogP contribution in [0.3, 0.4) is 0 Å². The molecule has 1 aliphatic rings. The number of hydrogen-bond acceptors (Lipinski definition) is 2. The smallest absolute Gasteiger partial charge is 0.313 e. The van der Waals surface area contributed by atoms with Crippen molar-refractivity contribution in [1.82, 2.24) is 0 Å². The fraction of sp³-hybridized carbons (Fsp3) is 0.273. The van der Waals surface area contributed by atoms with Crippen LogP contribution in [0.4, 0.5) is 5.69 Å². The van der Waals surface area contributed by atoms with Gasteiger partial charge in [0.15, 0.2) is 6.07 Å². The maximum absolute atomic E-state index is 10.8. The van der Waals surface area contributed by atoms with Gasteiger partial charge in [0.1, 0.15) is 0 Å². The van der Waals surface area contributed by atoms with Crippen LogP contribution in [0.25, 0.3) is 0 Å². The van der Waals surface area contributed by atoms with Crippen LogP contribution >= 0.6 is 0 Å². The lowest BCUT2D eigenvalue weighted by molar-refractivity contribution is -0.111. The number of nitrogens with one attached hydrogen (secondary N) is 1. The molecule has 0 heterocycles. The molecule has 0 saturated carbocycles. The van der Waals surface area contributed by atoms with Crippen LogP contribution in [0.2, 0.25) is 0 Å². The molecule has 3 heteroatoms. The Morgan fingerprint density at radius 1 is 1.36 bits per heavy atom. The van der Waals surface area contributed by atoms with E-state index in [9.17, 15) is 4.79 Å². The number of carbonyl (C=O) groups excluding carboxylic acids is 1. The van der Waals surface area contributed by atoms with E-state index in [1.165, 1.54) is 23.6 Å². The molecule has 0 aliphatic heterocycles. The zero-order valence-corrected chi connectivity index (χ0v) is 7.71. The van der Waals surface area contributed by atoms with Crippen molar-refractivity contribution < 1.29 is 4.79 Å². The van der Waals surface area contributed by atoms with Crippen molar-refractivity contribution in [3.63, 3.8) is 0 Å². The third-order valence-electron chi connectivity index (χ3n) is 2.46. The van der Waals surface area contributed by atoms with Gasteiger partial charge in [-0.05, 0) is 42.5 Å². The molecule has 2 rings (SSSR count). The highest BCUT2D eigenvalue weighted by Crippen LogP contribution is 2.24. The number of nitriles is 1. The van der Waals surface area contributed by atoms with Gasteiger partial charge in [0.05, 0.1) is 0 Å². The molecule has 14 heavy (non-hydrogen) atoms. The Labute approximate surface area is 82.4 Å². The van der Waals surface area contributed by atoms with Gasteiger partial charge in [0.25, 0.3) is 0 Å². The van der Waals surface area contributed by atoms with Crippen molar-refractivity contribution in [2.24, 2.45) is 0 Å². The first-order valence-electron chi connectivity index (χ1n) is 4.62. The van der Waals surface area contributed by atoms with Gasteiger partial charge in [-0.1, -0.05) is 6.07 Å². The average Bonchev–Trinajstić information content (AvgIpc) is 2.64. The molecule has 70 valence electrons. The van der Waals surface area contributed by atoms with Gasteiger partial charge >= 0.3 is 5.91 Å². The number of nitrogens with zero attached hydrogens (tertiary/aromatic N) is 1. The summed E-state index contributed by atoms with van der Waals surface area (Å²) >= 11 is 0. The highest BCUT2D eigenvalue weighted by molar-refractivity contribution is 6.02. The third kappa shape index (κ3) is 1.60. The molecule has 1 aliphatic carbocycles. The maximum atomic E-state index is 10.8. The Kier molecular flexibility index (Phi) is 2.19. The number of rotatable bonds is 1. The summed E-state index contributed by atoms with van der Waals surface area (Å²) in [7, 11) is 0. The van der Waals surface area contributed by atoms with E-state index in [0.717, 1.165) is 18.5 Å². The number of fused-ring (bicyclic) bond motifs is 1. The largest absolute Gasteiger partial charge is 0.326 e. The molecule has 3 nitrogen and oxygen atoms in total. The van der Waals surface area contributed by atoms with Gasteiger partial charge < -0.3 is 5.32 Å². The van der Waals surface area contributed by atoms with E-state index in [0.29, 0.717) is 0 Å². The summed E-state index contributed by atoms with van der Waals surface area (Å²) in [5.74, 6) is -0.608. The number of carbonyl (C=O) groups is 1. The van der Waals surface area contributed by atoms with E-state index in [4.69, 9.17) is 5.26 Å². The first-order chi connectivity index (χ1) is 6.79. The molecule has 1 N–H and O–H groups in total. The molecule has 0 aromatic heterocycles. The second kappa shape index (κ2) is 3.51. The maximum Gasteiger partial charge on any atom is 0.326 e. The molecule has 0 atom stereocenters. The number of anilines is 1. The van der Waals surface area contributed by atoms with Crippen molar-refractivity contribution in [3.05, 3.63) is 29.3 Å². The lowest BCUT2D eigenvalue weighted by Crippen LogP contribution is -2.08. The minimum Gasteiger partial charge on any atom is -0.313 e. The second-order valence-electron chi connectivity index (χ2n) is 3.40. The highest BCUT2D eigenvalue weighted by Gasteiger charge is 2.11. The monoisotopic (exact) mass is 186 g/mol. The predicted octanol–water partition coefficient (Wildman–Crippen LogP) is 1.64. The van der Waals surface area contributed by atoms with Crippen LogP contribution in [0.15, 0.2) is 18.2 Å². The summed E-state index contributed by atoms with van der Waals surface area (Å²) in [6, 6.07) is 7.36. The topological polar surface area (TPSA) is 52.9 Å². The summed E-state index contributed by atoms with van der Waals surface area (Å²) in [6.45, 7) is 0. The van der Waals surface area contributed by atoms with E-state index >= 15 is 0 Å². The fourth-order valence-electron chi connectivity index (χ4n) is 1.81. The molecule has 1 aromatic carbocycles. The summed E-state index contributed by atoms with van der Waals surface area (Å²) in [5.41, 5.74) is 3.37. The minimum atomic E-state index is -0.608. The zero-order chi connectivity index (χ0) is 9.97. The minimum absolute atomic E-state index is 0.608. The second-order valence-corrected chi connectivity index (χ2v) is 3.40. The van der Waals surface area contributed by atoms with Gasteiger partial charge in [-0.15, -0.1) is 0 Å². The molecule has 0 radical (unpaired) electrons. The molecule has 0 spiro atoms. The Bertz CT molecular complexity index is 418. The molecule has 1 aromatic rings.